The number of amides is 1. The maximum absolute atomic E-state index is 12.4. The molecule has 152 valence electrons. The minimum absolute atomic E-state index is 0.00672. The molecule has 0 aliphatic heterocycles. The fourth-order valence-electron chi connectivity index (χ4n) is 3.23. The van der Waals surface area contributed by atoms with Crippen LogP contribution in [0.25, 0.3) is 0 Å². The van der Waals surface area contributed by atoms with Gasteiger partial charge < -0.3 is 10.0 Å². The molecule has 0 spiro atoms. The SMILES string of the molecule is CCCC/C=C/CCCCCCCCC(CC(=O)O)C(=O)N(CC)CC. The molecule has 4 nitrogen and oxygen atoms in total. The van der Waals surface area contributed by atoms with Gasteiger partial charge in [-0.3, -0.25) is 9.59 Å². The van der Waals surface area contributed by atoms with Gasteiger partial charge in [-0.25, -0.2) is 0 Å². The van der Waals surface area contributed by atoms with E-state index in [1.54, 1.807) is 4.90 Å². The minimum Gasteiger partial charge on any atom is -0.481 e. The molecule has 0 fully saturated rings. The van der Waals surface area contributed by atoms with E-state index in [0.29, 0.717) is 19.5 Å². The fourth-order valence-corrected chi connectivity index (χ4v) is 3.23. The molecule has 0 bridgehead atoms. The molecule has 1 unspecified atom stereocenters. The lowest BCUT2D eigenvalue weighted by atomic mass is 9.95. The lowest BCUT2D eigenvalue weighted by molar-refractivity contribution is -0.144. The number of carboxylic acids is 1. The number of hydrogen-bond acceptors (Lipinski definition) is 2. The van der Waals surface area contributed by atoms with Gasteiger partial charge in [0.1, 0.15) is 0 Å². The van der Waals surface area contributed by atoms with Crippen LogP contribution in [-0.2, 0) is 9.59 Å². The van der Waals surface area contributed by atoms with Crippen LogP contribution in [-0.4, -0.2) is 35.0 Å². The van der Waals surface area contributed by atoms with Crippen molar-refractivity contribution >= 4 is 11.9 Å². The summed E-state index contributed by atoms with van der Waals surface area (Å²) < 4.78 is 0. The van der Waals surface area contributed by atoms with E-state index in [0.717, 1.165) is 12.8 Å². The Hall–Kier alpha value is -1.32. The first-order valence-electron chi connectivity index (χ1n) is 10.7. The maximum atomic E-state index is 12.4. The van der Waals surface area contributed by atoms with E-state index in [1.165, 1.54) is 51.4 Å². The summed E-state index contributed by atoms with van der Waals surface area (Å²) in [7, 11) is 0. The van der Waals surface area contributed by atoms with Crippen molar-refractivity contribution in [1.82, 2.24) is 4.90 Å². The molecule has 0 aromatic rings. The van der Waals surface area contributed by atoms with Crippen molar-refractivity contribution in [2.75, 3.05) is 13.1 Å². The van der Waals surface area contributed by atoms with Gasteiger partial charge in [0.2, 0.25) is 5.91 Å². The smallest absolute Gasteiger partial charge is 0.304 e. The molecule has 26 heavy (non-hydrogen) atoms. The minimum atomic E-state index is -0.873. The highest BCUT2D eigenvalue weighted by Crippen LogP contribution is 2.18. The zero-order valence-corrected chi connectivity index (χ0v) is 17.3. The van der Waals surface area contributed by atoms with Gasteiger partial charge in [0.05, 0.1) is 6.42 Å². The van der Waals surface area contributed by atoms with Crippen molar-refractivity contribution in [2.24, 2.45) is 5.92 Å². The first-order chi connectivity index (χ1) is 12.6. The first kappa shape index (κ1) is 24.7. The molecule has 4 heteroatoms. The molecule has 1 N–H and O–H groups in total. The van der Waals surface area contributed by atoms with Crippen LogP contribution in [0.3, 0.4) is 0 Å². The summed E-state index contributed by atoms with van der Waals surface area (Å²) in [5.74, 6) is -1.23. The molecular formula is C22H41NO3. The summed E-state index contributed by atoms with van der Waals surface area (Å²) in [5, 5.41) is 9.07. The Morgan fingerprint density at radius 3 is 1.92 bits per heavy atom. The van der Waals surface area contributed by atoms with E-state index in [4.69, 9.17) is 5.11 Å². The number of carbonyl (C=O) groups excluding carboxylic acids is 1. The van der Waals surface area contributed by atoms with Gasteiger partial charge in [-0.15, -0.1) is 0 Å². The first-order valence-corrected chi connectivity index (χ1v) is 10.7. The van der Waals surface area contributed by atoms with Gasteiger partial charge in [0.15, 0.2) is 0 Å². The van der Waals surface area contributed by atoms with Crippen molar-refractivity contribution in [3.05, 3.63) is 12.2 Å². The Morgan fingerprint density at radius 1 is 0.846 bits per heavy atom. The Labute approximate surface area is 161 Å². The van der Waals surface area contributed by atoms with Gasteiger partial charge in [0.25, 0.3) is 0 Å². The lowest BCUT2D eigenvalue weighted by Gasteiger charge is -2.24. The Morgan fingerprint density at radius 2 is 1.38 bits per heavy atom. The molecule has 0 saturated carbocycles. The summed E-state index contributed by atoms with van der Waals surface area (Å²) in [6, 6.07) is 0. The van der Waals surface area contributed by atoms with Crippen LogP contribution in [0.15, 0.2) is 12.2 Å². The summed E-state index contributed by atoms with van der Waals surface area (Å²) in [6.45, 7) is 7.41. The molecule has 0 aliphatic carbocycles. The van der Waals surface area contributed by atoms with Crippen LogP contribution < -0.4 is 0 Å². The molecule has 0 rings (SSSR count). The average molecular weight is 368 g/mol. The molecule has 1 amide bonds. The van der Waals surface area contributed by atoms with Crippen molar-refractivity contribution < 1.29 is 14.7 Å². The predicted octanol–water partition coefficient (Wildman–Crippen LogP) is 5.81. The second-order valence-corrected chi connectivity index (χ2v) is 7.12. The number of nitrogens with zero attached hydrogens (tertiary/aromatic N) is 1. The summed E-state index contributed by atoms with van der Waals surface area (Å²) in [6.07, 6.45) is 17.2. The number of unbranched alkanes of at least 4 members (excludes halogenated alkanes) is 8. The number of carbonyl (C=O) groups is 2. The molecule has 0 heterocycles. The van der Waals surface area contributed by atoms with E-state index in [1.807, 2.05) is 13.8 Å². The molecule has 0 aliphatic rings. The van der Waals surface area contributed by atoms with E-state index in [9.17, 15) is 9.59 Å². The van der Waals surface area contributed by atoms with Gasteiger partial charge in [0, 0.05) is 19.0 Å². The van der Waals surface area contributed by atoms with Gasteiger partial charge in [-0.2, -0.15) is 0 Å². The van der Waals surface area contributed by atoms with E-state index < -0.39 is 5.97 Å². The number of allylic oxidation sites excluding steroid dienone is 2. The topological polar surface area (TPSA) is 57.6 Å². The van der Waals surface area contributed by atoms with Gasteiger partial charge in [-0.1, -0.05) is 64.0 Å². The Kier molecular flexibility index (Phi) is 16.2. The van der Waals surface area contributed by atoms with Crippen LogP contribution in [0.2, 0.25) is 0 Å². The third-order valence-electron chi connectivity index (χ3n) is 4.91. The molecule has 1 atom stereocenters. The predicted molar refractivity (Wildman–Crippen MR) is 109 cm³/mol. The molecular weight excluding hydrogens is 326 g/mol. The summed E-state index contributed by atoms with van der Waals surface area (Å²) in [5.41, 5.74) is 0. The number of hydrogen-bond donors (Lipinski definition) is 1. The van der Waals surface area contributed by atoms with Crippen molar-refractivity contribution in [2.45, 2.75) is 97.8 Å². The largest absolute Gasteiger partial charge is 0.481 e. The fraction of sp³-hybridized carbons (Fsp3) is 0.818. The average Bonchev–Trinajstić information content (AvgIpc) is 2.62. The standard InChI is InChI=1S/C22H41NO3/c1-4-7-8-9-10-11-12-13-14-15-16-17-18-20(19-21(24)25)22(26)23(5-2)6-3/h9-10,20H,4-8,11-19H2,1-3H3,(H,24,25)/b10-9+. The van der Waals surface area contributed by atoms with Gasteiger partial charge >= 0.3 is 5.97 Å². The van der Waals surface area contributed by atoms with Crippen LogP contribution in [0.4, 0.5) is 0 Å². The highest BCUT2D eigenvalue weighted by atomic mass is 16.4. The van der Waals surface area contributed by atoms with Crippen molar-refractivity contribution in [3.63, 3.8) is 0 Å². The van der Waals surface area contributed by atoms with E-state index in [-0.39, 0.29) is 18.2 Å². The van der Waals surface area contributed by atoms with E-state index >= 15 is 0 Å². The number of carboxylic acid groups (broad SMARTS) is 1. The van der Waals surface area contributed by atoms with Crippen LogP contribution in [0.1, 0.15) is 97.8 Å². The van der Waals surface area contributed by atoms with Crippen LogP contribution >= 0.6 is 0 Å². The van der Waals surface area contributed by atoms with E-state index in [2.05, 4.69) is 19.1 Å². The van der Waals surface area contributed by atoms with Crippen LogP contribution in [0, 0.1) is 5.92 Å². The molecule has 0 radical (unpaired) electrons. The van der Waals surface area contributed by atoms with Crippen molar-refractivity contribution in [1.29, 1.82) is 0 Å². The zero-order chi connectivity index (χ0) is 19.6. The Bertz CT molecular complexity index is 389. The molecule has 0 saturated heterocycles. The second kappa shape index (κ2) is 17.1. The number of rotatable bonds is 17. The third-order valence-corrected chi connectivity index (χ3v) is 4.91. The highest BCUT2D eigenvalue weighted by Gasteiger charge is 2.24. The normalized spacial score (nSPS) is 12.4. The summed E-state index contributed by atoms with van der Waals surface area (Å²) in [4.78, 5) is 25.2. The lowest BCUT2D eigenvalue weighted by Crippen LogP contribution is -2.36. The Balaban J connectivity index is 3.87. The summed E-state index contributed by atoms with van der Waals surface area (Å²) >= 11 is 0. The molecule has 0 aromatic carbocycles. The maximum Gasteiger partial charge on any atom is 0.304 e. The monoisotopic (exact) mass is 367 g/mol. The second-order valence-electron chi connectivity index (χ2n) is 7.12. The van der Waals surface area contributed by atoms with Gasteiger partial charge in [-0.05, 0) is 39.5 Å². The third kappa shape index (κ3) is 13.0. The van der Waals surface area contributed by atoms with Crippen molar-refractivity contribution in [3.8, 4) is 0 Å². The quantitative estimate of drug-likeness (QED) is 0.260. The molecule has 0 aromatic heterocycles. The zero-order valence-electron chi connectivity index (χ0n) is 17.3. The number of aliphatic carboxylic acids is 1. The highest BCUT2D eigenvalue weighted by molar-refractivity contribution is 5.83. The van der Waals surface area contributed by atoms with Crippen LogP contribution in [0.5, 0.6) is 0 Å².